The zero-order valence-electron chi connectivity index (χ0n) is 18.5. The highest BCUT2D eigenvalue weighted by atomic mass is 16.5. The van der Waals surface area contributed by atoms with E-state index in [1.54, 1.807) is 45.8 Å². The van der Waals surface area contributed by atoms with Gasteiger partial charge in [-0.3, -0.25) is 9.59 Å². The third-order valence-electron chi connectivity index (χ3n) is 5.91. The number of hydrogen-bond donors (Lipinski definition) is 0. The summed E-state index contributed by atoms with van der Waals surface area (Å²) < 4.78 is 14.5. The van der Waals surface area contributed by atoms with E-state index >= 15 is 0 Å². The van der Waals surface area contributed by atoms with E-state index in [0.717, 1.165) is 28.0 Å². The van der Waals surface area contributed by atoms with Gasteiger partial charge in [-0.1, -0.05) is 12.1 Å². The van der Waals surface area contributed by atoms with Crippen molar-refractivity contribution in [1.29, 1.82) is 0 Å². The number of aromatic nitrogens is 3. The van der Waals surface area contributed by atoms with E-state index < -0.39 is 0 Å². The van der Waals surface area contributed by atoms with Crippen LogP contribution in [0.3, 0.4) is 0 Å². The number of amides is 1. The molecule has 0 N–H and O–H groups in total. The molecule has 3 heterocycles. The Morgan fingerprint density at radius 2 is 1.94 bits per heavy atom. The van der Waals surface area contributed by atoms with E-state index in [4.69, 9.17) is 9.47 Å². The lowest BCUT2D eigenvalue weighted by atomic mass is 10.1. The predicted molar refractivity (Wildman–Crippen MR) is 124 cm³/mol. The van der Waals surface area contributed by atoms with Gasteiger partial charge in [-0.15, -0.1) is 0 Å². The lowest BCUT2D eigenvalue weighted by Crippen LogP contribution is -2.46. The molecule has 0 saturated carbocycles. The van der Waals surface area contributed by atoms with Gasteiger partial charge in [0, 0.05) is 24.7 Å². The van der Waals surface area contributed by atoms with Crippen LogP contribution in [0, 0.1) is 6.92 Å². The van der Waals surface area contributed by atoms with E-state index in [1.807, 2.05) is 43.3 Å². The Hall–Kier alpha value is -4.07. The van der Waals surface area contributed by atoms with Gasteiger partial charge in [0.15, 0.2) is 0 Å². The summed E-state index contributed by atoms with van der Waals surface area (Å²) in [5, 5.41) is 2.01. The second-order valence-electron chi connectivity index (χ2n) is 7.97. The van der Waals surface area contributed by atoms with E-state index in [0.29, 0.717) is 37.6 Å². The highest BCUT2D eigenvalue weighted by molar-refractivity contribution is 5.93. The average molecular weight is 444 g/mol. The number of fused-ring (bicyclic) bond motifs is 2. The lowest BCUT2D eigenvalue weighted by molar-refractivity contribution is 0.0673. The van der Waals surface area contributed by atoms with Crippen LogP contribution in [0.25, 0.3) is 16.5 Å². The molecule has 0 spiro atoms. The third-order valence-corrected chi connectivity index (χ3v) is 5.91. The van der Waals surface area contributed by atoms with Gasteiger partial charge < -0.3 is 23.5 Å². The zero-order chi connectivity index (χ0) is 22.9. The monoisotopic (exact) mass is 444 g/mol. The maximum atomic E-state index is 13.0. The minimum atomic E-state index is -0.194. The van der Waals surface area contributed by atoms with Crippen LogP contribution in [-0.4, -0.2) is 51.7 Å². The highest BCUT2D eigenvalue weighted by Crippen LogP contribution is 2.28. The molecule has 1 aliphatic heterocycles. The van der Waals surface area contributed by atoms with Crippen molar-refractivity contribution in [2.24, 2.45) is 0 Å². The van der Waals surface area contributed by atoms with Gasteiger partial charge in [0.05, 0.1) is 25.7 Å². The van der Waals surface area contributed by atoms with E-state index in [1.165, 1.54) is 0 Å². The van der Waals surface area contributed by atoms with E-state index in [2.05, 4.69) is 4.98 Å². The van der Waals surface area contributed by atoms with Gasteiger partial charge in [0.25, 0.3) is 11.5 Å². The number of ether oxygens (including phenoxy) is 2. The SMILES string of the molecule is COc1ccc2c(OCCN3CCn4c(ccc(-n5cnc(C)c5)c4=O)C3=O)cccc2c1. The number of methoxy groups -OCH3 is 1. The van der Waals surface area contributed by atoms with Gasteiger partial charge in [-0.25, -0.2) is 4.98 Å². The first-order valence-corrected chi connectivity index (χ1v) is 10.8. The van der Waals surface area contributed by atoms with Crippen molar-refractivity contribution in [3.63, 3.8) is 0 Å². The maximum absolute atomic E-state index is 13.0. The topological polar surface area (TPSA) is 78.6 Å². The second kappa shape index (κ2) is 8.46. The molecule has 168 valence electrons. The van der Waals surface area contributed by atoms with E-state index in [9.17, 15) is 9.59 Å². The minimum Gasteiger partial charge on any atom is -0.497 e. The van der Waals surface area contributed by atoms with Crippen LogP contribution in [0.1, 0.15) is 16.2 Å². The Balaban J connectivity index is 1.30. The quantitative estimate of drug-likeness (QED) is 0.457. The molecular formula is C25H24N4O4. The first-order chi connectivity index (χ1) is 16.0. The Kier molecular flexibility index (Phi) is 5.34. The Morgan fingerprint density at radius 3 is 2.73 bits per heavy atom. The summed E-state index contributed by atoms with van der Waals surface area (Å²) >= 11 is 0. The molecule has 8 nitrogen and oxygen atoms in total. The van der Waals surface area contributed by atoms with Crippen LogP contribution in [0.4, 0.5) is 0 Å². The molecule has 8 heteroatoms. The second-order valence-corrected chi connectivity index (χ2v) is 7.97. The van der Waals surface area contributed by atoms with Crippen molar-refractivity contribution >= 4 is 16.7 Å². The van der Waals surface area contributed by atoms with Crippen LogP contribution in [0.15, 0.2) is 65.8 Å². The molecule has 1 amide bonds. The summed E-state index contributed by atoms with van der Waals surface area (Å²) in [6.45, 7) is 3.55. The summed E-state index contributed by atoms with van der Waals surface area (Å²) in [6.07, 6.45) is 3.40. The van der Waals surface area contributed by atoms with Gasteiger partial charge in [0.2, 0.25) is 0 Å². The molecule has 5 rings (SSSR count). The number of aryl methyl sites for hydroxylation is 1. The number of benzene rings is 2. The summed E-state index contributed by atoms with van der Waals surface area (Å²) in [7, 11) is 1.64. The van der Waals surface area contributed by atoms with Crippen molar-refractivity contribution in [3.05, 3.63) is 82.8 Å². The highest BCUT2D eigenvalue weighted by Gasteiger charge is 2.26. The predicted octanol–water partition coefficient (Wildman–Crippen LogP) is 3.04. The number of imidazole rings is 1. The number of carbonyl (C=O) groups is 1. The molecule has 2 aromatic heterocycles. The van der Waals surface area contributed by atoms with Crippen molar-refractivity contribution in [2.45, 2.75) is 13.5 Å². The number of carbonyl (C=O) groups excluding carboxylic acids is 1. The van der Waals surface area contributed by atoms with Gasteiger partial charge in [-0.05, 0) is 48.7 Å². The van der Waals surface area contributed by atoms with E-state index in [-0.39, 0.29) is 11.5 Å². The van der Waals surface area contributed by atoms with Crippen LogP contribution >= 0.6 is 0 Å². The largest absolute Gasteiger partial charge is 0.497 e. The molecule has 0 unspecified atom stereocenters. The summed E-state index contributed by atoms with van der Waals surface area (Å²) in [4.78, 5) is 31.9. The summed E-state index contributed by atoms with van der Waals surface area (Å²) in [6, 6.07) is 15.1. The number of pyridine rings is 1. The lowest BCUT2D eigenvalue weighted by Gasteiger charge is -2.29. The summed E-state index contributed by atoms with van der Waals surface area (Å²) in [5.41, 5.74) is 1.51. The van der Waals surface area contributed by atoms with Gasteiger partial charge in [0.1, 0.15) is 29.5 Å². The zero-order valence-corrected chi connectivity index (χ0v) is 18.5. The maximum Gasteiger partial charge on any atom is 0.275 e. The Morgan fingerprint density at radius 1 is 1.06 bits per heavy atom. The molecule has 33 heavy (non-hydrogen) atoms. The third kappa shape index (κ3) is 3.84. The van der Waals surface area contributed by atoms with Gasteiger partial charge >= 0.3 is 0 Å². The average Bonchev–Trinajstić information content (AvgIpc) is 3.26. The van der Waals surface area contributed by atoms with Crippen LogP contribution in [0.2, 0.25) is 0 Å². The minimum absolute atomic E-state index is 0.169. The smallest absolute Gasteiger partial charge is 0.275 e. The molecule has 2 aromatic carbocycles. The first kappa shape index (κ1) is 20.8. The Labute approximate surface area is 190 Å². The fourth-order valence-corrected chi connectivity index (χ4v) is 4.17. The molecule has 0 fully saturated rings. The normalized spacial score (nSPS) is 13.3. The first-order valence-electron chi connectivity index (χ1n) is 10.8. The number of rotatable bonds is 6. The van der Waals surface area contributed by atoms with Crippen LogP contribution < -0.4 is 15.0 Å². The van der Waals surface area contributed by atoms with Crippen molar-refractivity contribution in [1.82, 2.24) is 19.0 Å². The fraction of sp³-hybridized carbons (Fsp3) is 0.240. The Bertz CT molecular complexity index is 1410. The molecular weight excluding hydrogens is 420 g/mol. The number of hydrogen-bond acceptors (Lipinski definition) is 5. The van der Waals surface area contributed by atoms with Crippen molar-refractivity contribution in [3.8, 4) is 17.2 Å². The molecule has 4 aromatic rings. The standard InChI is InChI=1S/C25H24N4O4/c1-17-15-28(16-26-17)21-8-9-22-24(30)27(10-11-29(22)25(21)31)12-13-33-23-5-3-4-18-14-19(32-2)6-7-20(18)23/h3-9,14-16H,10-13H2,1-2H3. The molecule has 0 radical (unpaired) electrons. The molecule has 1 aliphatic rings. The molecule has 0 saturated heterocycles. The fourth-order valence-electron chi connectivity index (χ4n) is 4.17. The molecule has 0 bridgehead atoms. The number of nitrogens with zero attached hydrogens (tertiary/aromatic N) is 4. The van der Waals surface area contributed by atoms with Crippen LogP contribution in [-0.2, 0) is 6.54 Å². The van der Waals surface area contributed by atoms with Crippen molar-refractivity contribution < 1.29 is 14.3 Å². The van der Waals surface area contributed by atoms with Crippen LogP contribution in [0.5, 0.6) is 11.5 Å². The molecule has 0 atom stereocenters. The van der Waals surface area contributed by atoms with Gasteiger partial charge in [-0.2, -0.15) is 0 Å². The summed E-state index contributed by atoms with van der Waals surface area (Å²) in [5.74, 6) is 1.38. The molecule has 0 aliphatic carbocycles. The van der Waals surface area contributed by atoms with Crippen molar-refractivity contribution in [2.75, 3.05) is 26.8 Å².